The molecule has 0 saturated heterocycles. The Kier molecular flexibility index (Phi) is 7.70. The second kappa shape index (κ2) is 10.2. The maximum absolute atomic E-state index is 13.5. The maximum atomic E-state index is 13.5. The summed E-state index contributed by atoms with van der Waals surface area (Å²) in [4.78, 5) is 37.5. The molecule has 2 aromatic rings. The van der Waals surface area contributed by atoms with Crippen LogP contribution in [0.2, 0.25) is 0 Å². The number of para-hydroxylation sites is 1. The van der Waals surface area contributed by atoms with E-state index in [1.165, 1.54) is 23.1 Å². The second-order valence-electron chi connectivity index (χ2n) is 6.55. The van der Waals surface area contributed by atoms with Gasteiger partial charge in [0.05, 0.1) is 5.56 Å². The van der Waals surface area contributed by atoms with Gasteiger partial charge in [-0.25, -0.2) is 4.39 Å². The number of aryl methyl sites for hydroxylation is 1. The lowest BCUT2D eigenvalue weighted by molar-refractivity contribution is -0.130. The number of carbonyl (C=O) groups excluding carboxylic acids is 3. The first-order valence-corrected chi connectivity index (χ1v) is 9.04. The molecule has 0 aromatic heterocycles. The van der Waals surface area contributed by atoms with Crippen LogP contribution in [0.5, 0.6) is 5.75 Å². The van der Waals surface area contributed by atoms with Gasteiger partial charge < -0.3 is 20.3 Å². The number of halogens is 1. The van der Waals surface area contributed by atoms with Crippen molar-refractivity contribution in [1.29, 1.82) is 0 Å². The molecular weight excluding hydrogens is 377 g/mol. The van der Waals surface area contributed by atoms with Gasteiger partial charge >= 0.3 is 0 Å². The molecule has 8 heteroatoms. The van der Waals surface area contributed by atoms with E-state index in [1.807, 2.05) is 0 Å². The number of benzene rings is 2. The van der Waals surface area contributed by atoms with Crippen LogP contribution in [0.3, 0.4) is 0 Å². The zero-order chi connectivity index (χ0) is 21.4. The molecule has 7 nitrogen and oxygen atoms in total. The topological polar surface area (TPSA) is 87.7 Å². The van der Waals surface area contributed by atoms with Crippen molar-refractivity contribution in [2.75, 3.05) is 33.8 Å². The van der Waals surface area contributed by atoms with Gasteiger partial charge in [0, 0.05) is 32.7 Å². The van der Waals surface area contributed by atoms with Crippen molar-refractivity contribution in [3.63, 3.8) is 0 Å². The maximum Gasteiger partial charge on any atom is 0.259 e. The number of carbonyl (C=O) groups is 3. The Morgan fingerprint density at radius 3 is 2.31 bits per heavy atom. The van der Waals surface area contributed by atoms with Gasteiger partial charge in [-0.2, -0.15) is 0 Å². The number of rotatable bonds is 8. The highest BCUT2D eigenvalue weighted by atomic mass is 19.1. The largest absolute Gasteiger partial charge is 0.483 e. The third-order valence-corrected chi connectivity index (χ3v) is 4.11. The van der Waals surface area contributed by atoms with Gasteiger partial charge in [0.1, 0.15) is 11.6 Å². The van der Waals surface area contributed by atoms with Gasteiger partial charge in [0.2, 0.25) is 0 Å². The highest BCUT2D eigenvalue weighted by molar-refractivity contribution is 5.97. The Morgan fingerprint density at radius 2 is 1.66 bits per heavy atom. The Morgan fingerprint density at radius 1 is 1.00 bits per heavy atom. The van der Waals surface area contributed by atoms with E-state index in [2.05, 4.69) is 10.6 Å². The molecule has 0 aliphatic heterocycles. The highest BCUT2D eigenvalue weighted by Crippen LogP contribution is 2.17. The Bertz CT molecular complexity index is 899. The number of amides is 3. The second-order valence-corrected chi connectivity index (χ2v) is 6.55. The van der Waals surface area contributed by atoms with E-state index < -0.39 is 17.6 Å². The fourth-order valence-corrected chi connectivity index (χ4v) is 2.33. The van der Waals surface area contributed by atoms with Crippen molar-refractivity contribution in [3.8, 4) is 5.75 Å². The molecular formula is C21H24FN3O4. The summed E-state index contributed by atoms with van der Waals surface area (Å²) in [6.07, 6.45) is 0. The number of ether oxygens (including phenoxy) is 1. The van der Waals surface area contributed by atoms with E-state index in [1.54, 1.807) is 45.3 Å². The van der Waals surface area contributed by atoms with Gasteiger partial charge in [0.25, 0.3) is 17.7 Å². The van der Waals surface area contributed by atoms with Crippen LogP contribution in [0.15, 0.2) is 42.5 Å². The third-order valence-electron chi connectivity index (χ3n) is 4.11. The summed E-state index contributed by atoms with van der Waals surface area (Å²) in [6, 6.07) is 10.8. The minimum atomic E-state index is -0.449. The molecule has 2 aromatic carbocycles. The SMILES string of the molecule is Cc1ccc(C(=O)NCCNC(=O)c2ccccc2OCC(=O)N(C)C)cc1F. The van der Waals surface area contributed by atoms with E-state index in [0.717, 1.165) is 0 Å². The molecule has 2 N–H and O–H groups in total. The molecule has 0 aliphatic rings. The van der Waals surface area contributed by atoms with Crippen LogP contribution in [0.4, 0.5) is 4.39 Å². The van der Waals surface area contributed by atoms with Gasteiger partial charge in [-0.3, -0.25) is 14.4 Å². The lowest BCUT2D eigenvalue weighted by atomic mass is 10.1. The molecule has 0 unspecified atom stereocenters. The number of hydrogen-bond donors (Lipinski definition) is 2. The van der Waals surface area contributed by atoms with Gasteiger partial charge in [-0.1, -0.05) is 18.2 Å². The molecule has 0 radical (unpaired) electrons. The summed E-state index contributed by atoms with van der Waals surface area (Å²) in [7, 11) is 3.23. The zero-order valence-electron chi connectivity index (χ0n) is 16.6. The van der Waals surface area contributed by atoms with Crippen LogP contribution in [0.1, 0.15) is 26.3 Å². The summed E-state index contributed by atoms with van der Waals surface area (Å²) in [5.74, 6) is -1.21. The first-order chi connectivity index (χ1) is 13.8. The van der Waals surface area contributed by atoms with Gasteiger partial charge in [-0.05, 0) is 36.8 Å². The number of likely N-dealkylation sites (N-methyl/N-ethyl adjacent to an activating group) is 1. The average Bonchev–Trinajstić information content (AvgIpc) is 2.71. The van der Waals surface area contributed by atoms with Gasteiger partial charge in [-0.15, -0.1) is 0 Å². The lowest BCUT2D eigenvalue weighted by Gasteiger charge is -2.14. The molecule has 0 saturated carbocycles. The number of nitrogens with zero attached hydrogens (tertiary/aromatic N) is 1. The molecule has 0 heterocycles. The fourth-order valence-electron chi connectivity index (χ4n) is 2.33. The minimum absolute atomic E-state index is 0.169. The summed E-state index contributed by atoms with van der Waals surface area (Å²) >= 11 is 0. The van der Waals surface area contributed by atoms with Crippen molar-refractivity contribution in [3.05, 3.63) is 65.0 Å². The predicted molar refractivity (Wildman–Crippen MR) is 106 cm³/mol. The molecule has 0 fully saturated rings. The fraction of sp³-hybridized carbons (Fsp3) is 0.286. The van der Waals surface area contributed by atoms with E-state index in [0.29, 0.717) is 11.3 Å². The van der Waals surface area contributed by atoms with Crippen LogP contribution in [0, 0.1) is 12.7 Å². The van der Waals surface area contributed by atoms with Crippen molar-refractivity contribution >= 4 is 17.7 Å². The summed E-state index contributed by atoms with van der Waals surface area (Å²) in [5.41, 5.74) is 0.955. The molecule has 2 rings (SSSR count). The minimum Gasteiger partial charge on any atom is -0.483 e. The van der Waals surface area contributed by atoms with Gasteiger partial charge in [0.15, 0.2) is 6.61 Å². The molecule has 0 atom stereocenters. The van der Waals surface area contributed by atoms with Crippen molar-refractivity contribution in [1.82, 2.24) is 15.5 Å². The molecule has 29 heavy (non-hydrogen) atoms. The van der Waals surface area contributed by atoms with Crippen LogP contribution < -0.4 is 15.4 Å². The Balaban J connectivity index is 1.85. The van der Waals surface area contributed by atoms with E-state index in [-0.39, 0.29) is 36.7 Å². The highest BCUT2D eigenvalue weighted by Gasteiger charge is 2.14. The van der Waals surface area contributed by atoms with E-state index in [4.69, 9.17) is 4.74 Å². The molecule has 0 bridgehead atoms. The monoisotopic (exact) mass is 401 g/mol. The normalized spacial score (nSPS) is 10.2. The predicted octanol–water partition coefficient (Wildman–Crippen LogP) is 1.76. The number of hydrogen-bond acceptors (Lipinski definition) is 4. The van der Waals surface area contributed by atoms with Crippen molar-refractivity contribution in [2.45, 2.75) is 6.92 Å². The Hall–Kier alpha value is -3.42. The van der Waals surface area contributed by atoms with Crippen LogP contribution in [0.25, 0.3) is 0 Å². The van der Waals surface area contributed by atoms with Crippen LogP contribution in [-0.2, 0) is 4.79 Å². The standard InChI is InChI=1S/C21H24FN3O4/c1-14-8-9-15(12-17(14)22)20(27)23-10-11-24-21(28)16-6-4-5-7-18(16)29-13-19(26)25(2)3/h4-9,12H,10-11,13H2,1-3H3,(H,23,27)(H,24,28). The van der Waals surface area contributed by atoms with Crippen molar-refractivity contribution in [2.24, 2.45) is 0 Å². The summed E-state index contributed by atoms with van der Waals surface area (Å²) in [6.45, 7) is 1.77. The van der Waals surface area contributed by atoms with Crippen LogP contribution >= 0.6 is 0 Å². The molecule has 154 valence electrons. The smallest absolute Gasteiger partial charge is 0.259 e. The number of nitrogens with one attached hydrogen (secondary N) is 2. The molecule has 0 aliphatic carbocycles. The molecule has 3 amide bonds. The van der Waals surface area contributed by atoms with Crippen molar-refractivity contribution < 1.29 is 23.5 Å². The lowest BCUT2D eigenvalue weighted by Crippen LogP contribution is -2.35. The average molecular weight is 401 g/mol. The molecule has 0 spiro atoms. The Labute approximate surface area is 168 Å². The first-order valence-electron chi connectivity index (χ1n) is 9.04. The van der Waals surface area contributed by atoms with Crippen LogP contribution in [-0.4, -0.2) is 56.4 Å². The van der Waals surface area contributed by atoms with E-state index >= 15 is 0 Å². The van der Waals surface area contributed by atoms with E-state index in [9.17, 15) is 18.8 Å². The zero-order valence-corrected chi connectivity index (χ0v) is 16.6. The summed E-state index contributed by atoms with van der Waals surface area (Å²) in [5, 5.41) is 5.29. The first kappa shape index (κ1) is 21.9. The third kappa shape index (κ3) is 6.31. The summed E-state index contributed by atoms with van der Waals surface area (Å²) < 4.78 is 19.0. The quantitative estimate of drug-likeness (QED) is 0.660.